The van der Waals surface area contributed by atoms with E-state index in [-0.39, 0.29) is 0 Å². The van der Waals surface area contributed by atoms with Gasteiger partial charge in [0, 0.05) is 11.9 Å². The van der Waals surface area contributed by atoms with E-state index < -0.39 is 0 Å². The van der Waals surface area contributed by atoms with Crippen molar-refractivity contribution in [2.75, 3.05) is 0 Å². The molecule has 0 saturated heterocycles. The summed E-state index contributed by atoms with van der Waals surface area (Å²) in [5, 5.41) is 9.14. The third-order valence-corrected chi connectivity index (χ3v) is 2.28. The van der Waals surface area contributed by atoms with Crippen LogP contribution in [-0.2, 0) is 0 Å². The lowest BCUT2D eigenvalue weighted by Gasteiger charge is -2.13. The number of aromatic nitrogens is 1. The summed E-state index contributed by atoms with van der Waals surface area (Å²) < 4.78 is 2.01. The molecule has 0 amide bonds. The third-order valence-electron chi connectivity index (χ3n) is 2.28. The fourth-order valence-electron chi connectivity index (χ4n) is 1.62. The second-order valence-corrected chi connectivity index (χ2v) is 3.22. The second-order valence-electron chi connectivity index (χ2n) is 3.22. The molecule has 0 bridgehead atoms. The van der Waals surface area contributed by atoms with Crippen LogP contribution >= 0.6 is 0 Å². The van der Waals surface area contributed by atoms with Crippen molar-refractivity contribution >= 4 is 5.70 Å². The van der Waals surface area contributed by atoms with Gasteiger partial charge in [0.25, 0.3) is 0 Å². The van der Waals surface area contributed by atoms with Gasteiger partial charge in [-0.3, -0.25) is 0 Å². The van der Waals surface area contributed by atoms with Crippen molar-refractivity contribution in [2.24, 2.45) is 0 Å². The molecule has 0 radical (unpaired) electrons. The van der Waals surface area contributed by atoms with E-state index >= 15 is 0 Å². The Bertz CT molecular complexity index is 299. The van der Waals surface area contributed by atoms with Crippen molar-refractivity contribution in [2.45, 2.75) is 25.7 Å². The minimum atomic E-state index is 0.349. The van der Waals surface area contributed by atoms with Crippen LogP contribution in [0.15, 0.2) is 24.5 Å². The smallest absolute Gasteiger partial charge is 0.133 e. The molecule has 1 aromatic rings. The molecule has 0 aromatic carbocycles. The van der Waals surface area contributed by atoms with Gasteiger partial charge < -0.3 is 9.67 Å². The Morgan fingerprint density at radius 1 is 1.33 bits per heavy atom. The predicted molar refractivity (Wildman–Crippen MR) is 48.8 cm³/mol. The molecule has 1 heterocycles. The molecule has 0 unspecified atom stereocenters. The van der Waals surface area contributed by atoms with Crippen molar-refractivity contribution in [1.29, 1.82) is 0 Å². The first-order chi connectivity index (χ1) is 5.86. The molecule has 64 valence electrons. The van der Waals surface area contributed by atoms with E-state index in [9.17, 15) is 0 Å². The van der Waals surface area contributed by atoms with Gasteiger partial charge in [-0.1, -0.05) is 6.08 Å². The maximum atomic E-state index is 9.14. The standard InChI is InChI=1S/C10H13NO/c12-10-6-7-11(8-10)9-4-2-1-3-5-9/h4,6-8,12H,1-3,5H2. The van der Waals surface area contributed by atoms with Gasteiger partial charge in [-0.05, 0) is 31.7 Å². The Morgan fingerprint density at radius 2 is 2.25 bits per heavy atom. The lowest BCUT2D eigenvalue weighted by atomic mass is 10.1. The summed E-state index contributed by atoms with van der Waals surface area (Å²) in [5.74, 6) is 0.349. The number of hydrogen-bond donors (Lipinski definition) is 1. The summed E-state index contributed by atoms with van der Waals surface area (Å²) in [6, 6.07) is 1.72. The van der Waals surface area contributed by atoms with Gasteiger partial charge in [0.15, 0.2) is 0 Å². The molecular formula is C10H13NO. The lowest BCUT2D eigenvalue weighted by molar-refractivity contribution is 0.475. The predicted octanol–water partition coefficient (Wildman–Crippen LogP) is 2.61. The first-order valence-corrected chi connectivity index (χ1v) is 4.42. The fraction of sp³-hybridized carbons (Fsp3) is 0.400. The lowest BCUT2D eigenvalue weighted by Crippen LogP contribution is -1.97. The SMILES string of the molecule is Oc1ccn(C2=CCCCC2)c1. The summed E-state index contributed by atoms with van der Waals surface area (Å²) in [7, 11) is 0. The highest BCUT2D eigenvalue weighted by Gasteiger charge is 2.05. The van der Waals surface area contributed by atoms with E-state index in [1.54, 1.807) is 12.3 Å². The van der Waals surface area contributed by atoms with Gasteiger partial charge in [0.1, 0.15) is 5.75 Å². The van der Waals surface area contributed by atoms with Gasteiger partial charge in [-0.15, -0.1) is 0 Å². The normalized spacial score (nSPS) is 17.5. The number of hydrogen-bond acceptors (Lipinski definition) is 1. The molecule has 1 aliphatic carbocycles. The molecule has 2 nitrogen and oxygen atoms in total. The van der Waals surface area contributed by atoms with Gasteiger partial charge in [-0.25, -0.2) is 0 Å². The van der Waals surface area contributed by atoms with Crippen molar-refractivity contribution < 1.29 is 5.11 Å². The Labute approximate surface area is 72.1 Å². The van der Waals surface area contributed by atoms with E-state index in [1.807, 2.05) is 10.8 Å². The van der Waals surface area contributed by atoms with Gasteiger partial charge in [0.2, 0.25) is 0 Å². The average Bonchev–Trinajstić information content (AvgIpc) is 2.54. The van der Waals surface area contributed by atoms with Crippen molar-refractivity contribution in [3.8, 4) is 5.75 Å². The Hall–Kier alpha value is -1.18. The maximum absolute atomic E-state index is 9.14. The largest absolute Gasteiger partial charge is 0.506 e. The number of rotatable bonds is 1. The minimum absolute atomic E-state index is 0.349. The molecule has 0 fully saturated rings. The van der Waals surface area contributed by atoms with Crippen LogP contribution in [0.4, 0.5) is 0 Å². The summed E-state index contributed by atoms with van der Waals surface area (Å²) in [5.41, 5.74) is 1.32. The quantitative estimate of drug-likeness (QED) is 0.676. The number of aromatic hydroxyl groups is 1. The van der Waals surface area contributed by atoms with Gasteiger partial charge >= 0.3 is 0 Å². The molecule has 0 saturated carbocycles. The topological polar surface area (TPSA) is 25.2 Å². The van der Waals surface area contributed by atoms with Crippen LogP contribution in [0.3, 0.4) is 0 Å². The number of allylic oxidation sites excluding steroid dienone is 2. The molecule has 0 spiro atoms. The van der Waals surface area contributed by atoms with E-state index in [2.05, 4.69) is 6.08 Å². The zero-order valence-electron chi connectivity index (χ0n) is 7.03. The van der Waals surface area contributed by atoms with Crippen molar-refractivity contribution in [3.05, 3.63) is 24.5 Å². The molecule has 2 rings (SSSR count). The zero-order valence-corrected chi connectivity index (χ0v) is 7.03. The molecule has 0 atom stereocenters. The first kappa shape index (κ1) is 7.47. The van der Waals surface area contributed by atoms with Crippen LogP contribution < -0.4 is 0 Å². The molecule has 0 aliphatic heterocycles. The highest BCUT2D eigenvalue weighted by atomic mass is 16.3. The van der Waals surface area contributed by atoms with Crippen LogP contribution in [0.1, 0.15) is 25.7 Å². The van der Waals surface area contributed by atoms with E-state index in [0.29, 0.717) is 5.75 Å². The summed E-state index contributed by atoms with van der Waals surface area (Å²) in [4.78, 5) is 0. The van der Waals surface area contributed by atoms with Crippen molar-refractivity contribution in [1.82, 2.24) is 4.57 Å². The van der Waals surface area contributed by atoms with Crippen LogP contribution in [0.2, 0.25) is 0 Å². The molecular weight excluding hydrogens is 150 g/mol. The van der Waals surface area contributed by atoms with Crippen molar-refractivity contribution in [3.63, 3.8) is 0 Å². The Kier molecular flexibility index (Phi) is 1.90. The van der Waals surface area contributed by atoms with Crippen LogP contribution in [-0.4, -0.2) is 9.67 Å². The fourth-order valence-corrected chi connectivity index (χ4v) is 1.62. The van der Waals surface area contributed by atoms with E-state index in [1.165, 1.54) is 25.0 Å². The van der Waals surface area contributed by atoms with E-state index in [4.69, 9.17) is 5.11 Å². The zero-order chi connectivity index (χ0) is 8.39. The highest BCUT2D eigenvalue weighted by Crippen LogP contribution is 2.23. The first-order valence-electron chi connectivity index (χ1n) is 4.42. The second kappa shape index (κ2) is 3.05. The number of nitrogens with zero attached hydrogens (tertiary/aromatic N) is 1. The molecule has 2 heteroatoms. The Morgan fingerprint density at radius 3 is 2.83 bits per heavy atom. The monoisotopic (exact) mass is 163 g/mol. The molecule has 1 aromatic heterocycles. The van der Waals surface area contributed by atoms with Gasteiger partial charge in [0.05, 0.1) is 6.20 Å². The van der Waals surface area contributed by atoms with Crippen LogP contribution in [0.25, 0.3) is 5.70 Å². The molecule has 1 N–H and O–H groups in total. The molecule has 1 aliphatic rings. The van der Waals surface area contributed by atoms with Crippen LogP contribution in [0.5, 0.6) is 5.75 Å². The Balaban J connectivity index is 2.23. The van der Waals surface area contributed by atoms with Crippen LogP contribution in [0, 0.1) is 0 Å². The van der Waals surface area contributed by atoms with E-state index in [0.717, 1.165) is 6.42 Å². The highest BCUT2D eigenvalue weighted by molar-refractivity contribution is 5.47. The third kappa shape index (κ3) is 1.37. The van der Waals surface area contributed by atoms with Gasteiger partial charge in [-0.2, -0.15) is 0 Å². The summed E-state index contributed by atoms with van der Waals surface area (Å²) in [6.45, 7) is 0. The average molecular weight is 163 g/mol. The summed E-state index contributed by atoms with van der Waals surface area (Å²) in [6.07, 6.45) is 10.8. The maximum Gasteiger partial charge on any atom is 0.133 e. The molecule has 12 heavy (non-hydrogen) atoms. The minimum Gasteiger partial charge on any atom is -0.506 e. The summed E-state index contributed by atoms with van der Waals surface area (Å²) >= 11 is 0.